The maximum absolute atomic E-state index is 10.4. The monoisotopic (exact) mass is 298 g/mol. The van der Waals surface area contributed by atoms with Gasteiger partial charge in [0.2, 0.25) is 24.3 Å². The Bertz CT molecular complexity index is 666. The highest BCUT2D eigenvalue weighted by Crippen LogP contribution is 2.30. The second-order valence-corrected chi connectivity index (χ2v) is 4.19. The highest BCUT2D eigenvalue weighted by atomic mass is 16.1. The van der Waals surface area contributed by atoms with E-state index < -0.39 is 12.3 Å². The molecule has 0 fully saturated rings. The Balaban J connectivity index is 3.58. The first kappa shape index (κ1) is 16.8. The molecular formula is C14H10N4O4. The first-order valence-electron chi connectivity index (χ1n) is 5.98. The summed E-state index contributed by atoms with van der Waals surface area (Å²) in [5.74, 6) is 0. The Labute approximate surface area is 125 Å². The minimum Gasteiger partial charge on any atom is -0.211 e. The second kappa shape index (κ2) is 8.12. The van der Waals surface area contributed by atoms with Crippen LogP contribution in [-0.4, -0.2) is 24.3 Å². The van der Waals surface area contributed by atoms with Crippen molar-refractivity contribution in [2.24, 2.45) is 20.0 Å². The first-order chi connectivity index (χ1) is 10.6. The van der Waals surface area contributed by atoms with E-state index in [1.54, 1.807) is 19.9 Å². The number of aryl methyl sites for hydroxylation is 2. The molecule has 0 aliphatic carbocycles. The third kappa shape index (κ3) is 3.87. The van der Waals surface area contributed by atoms with Gasteiger partial charge in [-0.25, -0.2) is 19.2 Å². The third-order valence-electron chi connectivity index (χ3n) is 2.91. The van der Waals surface area contributed by atoms with Crippen LogP contribution in [0.3, 0.4) is 0 Å². The van der Waals surface area contributed by atoms with Crippen LogP contribution in [0.2, 0.25) is 0 Å². The highest BCUT2D eigenvalue weighted by Gasteiger charge is 2.18. The number of hydrogen-bond donors (Lipinski definition) is 0. The Morgan fingerprint density at radius 2 is 1.00 bits per heavy atom. The van der Waals surface area contributed by atoms with Crippen LogP contribution in [0, 0.1) is 13.8 Å². The summed E-state index contributed by atoms with van der Waals surface area (Å²) in [6.45, 7) is 3.45. The summed E-state index contributed by atoms with van der Waals surface area (Å²) < 4.78 is 0. The quantitative estimate of drug-likeness (QED) is 0.586. The van der Waals surface area contributed by atoms with E-state index in [2.05, 4.69) is 20.0 Å². The van der Waals surface area contributed by atoms with Gasteiger partial charge in [-0.05, 0) is 31.0 Å². The fourth-order valence-electron chi connectivity index (χ4n) is 1.98. The second-order valence-electron chi connectivity index (χ2n) is 4.19. The van der Waals surface area contributed by atoms with Crippen LogP contribution in [0.15, 0.2) is 32.1 Å². The molecule has 0 unspecified atom stereocenters. The lowest BCUT2D eigenvalue weighted by atomic mass is 9.97. The summed E-state index contributed by atoms with van der Waals surface area (Å²) in [5.41, 5.74) is 2.18. The summed E-state index contributed by atoms with van der Waals surface area (Å²) in [4.78, 5) is 55.4. The van der Waals surface area contributed by atoms with Crippen molar-refractivity contribution in [3.05, 3.63) is 34.4 Å². The van der Waals surface area contributed by atoms with Crippen molar-refractivity contribution in [2.75, 3.05) is 0 Å². The molecule has 0 amide bonds. The molecule has 0 spiro atoms. The topological polar surface area (TPSA) is 118 Å². The van der Waals surface area contributed by atoms with Crippen LogP contribution in [0.1, 0.15) is 34.6 Å². The predicted molar refractivity (Wildman–Crippen MR) is 73.9 cm³/mol. The van der Waals surface area contributed by atoms with Gasteiger partial charge in [0, 0.05) is 11.1 Å². The third-order valence-corrected chi connectivity index (χ3v) is 2.91. The molecule has 0 radical (unpaired) electrons. The summed E-state index contributed by atoms with van der Waals surface area (Å²) in [7, 11) is 0. The molecule has 0 saturated carbocycles. The van der Waals surface area contributed by atoms with E-state index in [0.717, 1.165) is 0 Å². The zero-order chi connectivity index (χ0) is 16.5. The lowest BCUT2D eigenvalue weighted by Crippen LogP contribution is -2.02. The average molecular weight is 298 g/mol. The summed E-state index contributed by atoms with van der Waals surface area (Å²) >= 11 is 0. The van der Waals surface area contributed by atoms with Crippen molar-refractivity contribution in [2.45, 2.75) is 26.2 Å². The first-order valence-corrected chi connectivity index (χ1v) is 5.98. The van der Waals surface area contributed by atoms with Gasteiger partial charge in [0.1, 0.15) is 0 Å². The Kier molecular flexibility index (Phi) is 6.20. The zero-order valence-electron chi connectivity index (χ0n) is 11.7. The van der Waals surface area contributed by atoms with Gasteiger partial charge in [-0.2, -0.15) is 20.0 Å². The molecular weight excluding hydrogens is 288 g/mol. The minimum absolute atomic E-state index is 0.402. The largest absolute Gasteiger partial charge is 0.237 e. The van der Waals surface area contributed by atoms with Gasteiger partial charge in [0.05, 0.1) is 0 Å². The fraction of sp³-hybridized carbons (Fsp3) is 0.286. The molecule has 0 N–H and O–H groups in total. The smallest absolute Gasteiger partial charge is 0.211 e. The van der Waals surface area contributed by atoms with Crippen LogP contribution >= 0.6 is 0 Å². The molecule has 0 heterocycles. The molecule has 1 aromatic rings. The normalized spacial score (nSPS) is 11.7. The number of nitrogens with zero attached hydrogens (tertiary/aromatic N) is 4. The molecule has 0 saturated heterocycles. The van der Waals surface area contributed by atoms with Crippen LogP contribution in [0.5, 0.6) is 0 Å². The van der Waals surface area contributed by atoms with Gasteiger partial charge in [0.25, 0.3) is 0 Å². The Morgan fingerprint density at radius 3 is 1.27 bits per heavy atom. The summed E-state index contributed by atoms with van der Waals surface area (Å²) in [5, 5.41) is 0. The van der Waals surface area contributed by atoms with Gasteiger partial charge in [-0.15, -0.1) is 0 Å². The van der Waals surface area contributed by atoms with Gasteiger partial charge < -0.3 is 0 Å². The average Bonchev–Trinajstić information content (AvgIpc) is 2.47. The molecule has 1 aromatic carbocycles. The maximum Gasteiger partial charge on any atom is 0.237 e. The number of aliphatic imine (C=N–C) groups is 4. The molecule has 0 atom stereocenters. The van der Waals surface area contributed by atoms with Crippen LogP contribution in [-0.2, 0) is 19.2 Å². The molecule has 1 rings (SSSR count). The van der Waals surface area contributed by atoms with Crippen LogP contribution in [0.25, 0.3) is 0 Å². The van der Waals surface area contributed by atoms with Gasteiger partial charge >= 0.3 is 0 Å². The fourth-order valence-corrected chi connectivity index (χ4v) is 1.98. The standard InChI is InChI=1S/C14H10N4O4/c1-9-3-10(2)12(14(17-7-21)18-8-22)4-11(9)13(15-5-19)16-6-20/h3-4,13-14H,1-2H3. The van der Waals surface area contributed by atoms with Crippen molar-refractivity contribution in [1.29, 1.82) is 0 Å². The summed E-state index contributed by atoms with van der Waals surface area (Å²) in [6, 6.07) is 3.20. The molecule has 110 valence electrons. The van der Waals surface area contributed by atoms with E-state index in [9.17, 15) is 19.2 Å². The highest BCUT2D eigenvalue weighted by molar-refractivity contribution is 5.47. The lowest BCUT2D eigenvalue weighted by Gasteiger charge is -2.15. The van der Waals surface area contributed by atoms with E-state index in [0.29, 0.717) is 22.3 Å². The predicted octanol–water partition coefficient (Wildman–Crippen LogP) is 1.64. The molecule has 22 heavy (non-hydrogen) atoms. The number of hydrogen-bond acceptors (Lipinski definition) is 8. The molecule has 8 nitrogen and oxygen atoms in total. The van der Waals surface area contributed by atoms with E-state index in [4.69, 9.17) is 0 Å². The van der Waals surface area contributed by atoms with E-state index in [1.165, 1.54) is 30.4 Å². The van der Waals surface area contributed by atoms with E-state index in [-0.39, 0.29) is 0 Å². The van der Waals surface area contributed by atoms with Crippen LogP contribution in [0.4, 0.5) is 0 Å². The van der Waals surface area contributed by atoms with Gasteiger partial charge in [0.15, 0.2) is 12.3 Å². The van der Waals surface area contributed by atoms with Crippen molar-refractivity contribution >= 4 is 24.3 Å². The SMILES string of the molecule is Cc1cc(C)c(C(N=C=O)N=C=O)cc1C(N=C=O)N=C=O. The van der Waals surface area contributed by atoms with E-state index >= 15 is 0 Å². The van der Waals surface area contributed by atoms with Crippen molar-refractivity contribution in [3.63, 3.8) is 0 Å². The Morgan fingerprint density at radius 1 is 0.682 bits per heavy atom. The number of isocyanates is 4. The number of carbonyl (C=O) groups excluding carboxylic acids is 4. The molecule has 0 bridgehead atoms. The zero-order valence-corrected chi connectivity index (χ0v) is 11.7. The molecule has 0 aliphatic heterocycles. The van der Waals surface area contributed by atoms with Gasteiger partial charge in [-0.1, -0.05) is 6.07 Å². The number of rotatable bonds is 6. The molecule has 8 heteroatoms. The summed E-state index contributed by atoms with van der Waals surface area (Å²) in [6.07, 6.45) is 3.06. The van der Waals surface area contributed by atoms with Crippen molar-refractivity contribution in [1.82, 2.24) is 0 Å². The minimum atomic E-state index is -1.12. The lowest BCUT2D eigenvalue weighted by molar-refractivity contribution is 0.551. The van der Waals surface area contributed by atoms with Crippen LogP contribution < -0.4 is 0 Å². The van der Waals surface area contributed by atoms with E-state index in [1.807, 2.05) is 0 Å². The van der Waals surface area contributed by atoms with Gasteiger partial charge in [-0.3, -0.25) is 0 Å². The number of benzene rings is 1. The molecule has 0 aromatic heterocycles. The maximum atomic E-state index is 10.4. The molecule has 0 aliphatic rings. The Hall–Kier alpha value is -3.26. The van der Waals surface area contributed by atoms with Crippen molar-refractivity contribution in [3.8, 4) is 0 Å². The van der Waals surface area contributed by atoms with Crippen molar-refractivity contribution < 1.29 is 19.2 Å².